The van der Waals surface area contributed by atoms with Crippen LogP contribution in [0.25, 0.3) is 0 Å². The van der Waals surface area contributed by atoms with Crippen LogP contribution in [0.1, 0.15) is 18.4 Å². The maximum absolute atomic E-state index is 12.0. The third-order valence-electron chi connectivity index (χ3n) is 3.22. The molecule has 0 fully saturated rings. The van der Waals surface area contributed by atoms with Gasteiger partial charge in [-0.2, -0.15) is 5.26 Å². The average molecular weight is 342 g/mol. The molecule has 122 valence electrons. The molecule has 2 N–H and O–H groups in total. The van der Waals surface area contributed by atoms with Crippen LogP contribution in [0.15, 0.2) is 48.5 Å². The summed E-state index contributed by atoms with van der Waals surface area (Å²) >= 11 is 5.91. The third-order valence-corrected chi connectivity index (χ3v) is 3.46. The van der Waals surface area contributed by atoms with Gasteiger partial charge in [-0.15, -0.1) is 0 Å². The smallest absolute Gasteiger partial charge is 0.238 e. The van der Waals surface area contributed by atoms with Crippen LogP contribution in [0.3, 0.4) is 0 Å². The number of nitrogens with one attached hydrogen (secondary N) is 2. The number of aryl methyl sites for hydroxylation is 1. The maximum atomic E-state index is 12.0. The first-order valence-corrected chi connectivity index (χ1v) is 7.76. The summed E-state index contributed by atoms with van der Waals surface area (Å²) in [5.41, 5.74) is 2.23. The number of amides is 2. The van der Waals surface area contributed by atoms with Gasteiger partial charge in [0, 0.05) is 22.8 Å². The van der Waals surface area contributed by atoms with Crippen molar-refractivity contribution in [3.8, 4) is 6.07 Å². The van der Waals surface area contributed by atoms with E-state index in [0.717, 1.165) is 5.56 Å². The molecule has 0 atom stereocenters. The van der Waals surface area contributed by atoms with Gasteiger partial charge in [-0.05, 0) is 48.4 Å². The number of hydrogen-bond acceptors (Lipinski definition) is 3. The van der Waals surface area contributed by atoms with E-state index in [0.29, 0.717) is 29.2 Å². The topological polar surface area (TPSA) is 82.0 Å². The van der Waals surface area contributed by atoms with Crippen molar-refractivity contribution in [3.05, 3.63) is 59.1 Å². The van der Waals surface area contributed by atoms with Crippen molar-refractivity contribution in [1.82, 2.24) is 0 Å². The summed E-state index contributed by atoms with van der Waals surface area (Å²) in [5.74, 6) is -0.466. The molecular formula is C18H16ClN3O2. The first kappa shape index (κ1) is 17.5. The molecule has 0 saturated heterocycles. The van der Waals surface area contributed by atoms with Crippen LogP contribution in [0.5, 0.6) is 0 Å². The number of hydrogen-bond donors (Lipinski definition) is 2. The monoisotopic (exact) mass is 341 g/mol. The fourth-order valence-corrected chi connectivity index (χ4v) is 2.30. The summed E-state index contributed by atoms with van der Waals surface area (Å²) in [6.07, 6.45) is 0.762. The quantitative estimate of drug-likeness (QED) is 0.839. The van der Waals surface area contributed by atoms with Gasteiger partial charge >= 0.3 is 0 Å². The summed E-state index contributed by atoms with van der Waals surface area (Å²) in [5, 5.41) is 14.5. The minimum absolute atomic E-state index is 0.101. The van der Waals surface area contributed by atoms with E-state index in [1.807, 2.05) is 18.2 Å². The molecule has 0 saturated carbocycles. The Kier molecular flexibility index (Phi) is 6.35. The van der Waals surface area contributed by atoms with Crippen molar-refractivity contribution >= 4 is 34.8 Å². The molecule has 0 aromatic heterocycles. The lowest BCUT2D eigenvalue weighted by Crippen LogP contribution is -2.13. The summed E-state index contributed by atoms with van der Waals surface area (Å²) in [6.45, 7) is 0. The van der Waals surface area contributed by atoms with Crippen molar-refractivity contribution in [1.29, 1.82) is 5.26 Å². The van der Waals surface area contributed by atoms with E-state index in [2.05, 4.69) is 10.6 Å². The van der Waals surface area contributed by atoms with Crippen LogP contribution in [-0.2, 0) is 16.0 Å². The van der Waals surface area contributed by atoms with Crippen molar-refractivity contribution < 1.29 is 9.59 Å². The molecule has 0 aliphatic rings. The zero-order valence-electron chi connectivity index (χ0n) is 12.9. The molecule has 2 aromatic carbocycles. The fourth-order valence-electron chi connectivity index (χ4n) is 2.09. The lowest BCUT2D eigenvalue weighted by atomic mass is 10.1. The van der Waals surface area contributed by atoms with Gasteiger partial charge in [0.1, 0.15) is 6.42 Å². The van der Waals surface area contributed by atoms with Gasteiger partial charge in [-0.3, -0.25) is 9.59 Å². The van der Waals surface area contributed by atoms with Crippen LogP contribution in [-0.4, -0.2) is 11.8 Å². The van der Waals surface area contributed by atoms with Crippen LogP contribution in [0.2, 0.25) is 5.02 Å². The molecule has 0 spiro atoms. The molecule has 2 aromatic rings. The lowest BCUT2D eigenvalue weighted by molar-refractivity contribution is -0.116. The van der Waals surface area contributed by atoms with E-state index in [1.54, 1.807) is 36.4 Å². The zero-order chi connectivity index (χ0) is 17.4. The fraction of sp³-hybridized carbons (Fsp3) is 0.167. The van der Waals surface area contributed by atoms with E-state index >= 15 is 0 Å². The molecule has 0 unspecified atom stereocenters. The minimum atomic E-state index is -0.365. The second-order valence-corrected chi connectivity index (χ2v) is 5.57. The van der Waals surface area contributed by atoms with Gasteiger partial charge in [0.15, 0.2) is 0 Å². The normalized spacial score (nSPS) is 9.83. The maximum Gasteiger partial charge on any atom is 0.238 e. The Morgan fingerprint density at radius 2 is 1.62 bits per heavy atom. The van der Waals surface area contributed by atoms with Gasteiger partial charge in [0.2, 0.25) is 11.8 Å². The highest BCUT2D eigenvalue weighted by molar-refractivity contribution is 6.30. The number of halogens is 1. The summed E-state index contributed by atoms with van der Waals surface area (Å²) < 4.78 is 0. The third kappa shape index (κ3) is 5.75. The first-order valence-electron chi connectivity index (χ1n) is 7.38. The van der Waals surface area contributed by atoms with Gasteiger partial charge in [-0.25, -0.2) is 0 Å². The summed E-state index contributed by atoms with van der Waals surface area (Å²) in [6, 6.07) is 15.9. The standard InChI is InChI=1S/C18H16ClN3O2/c19-14-3-1-2-13(12-14)4-9-17(23)21-15-5-7-16(8-6-15)22-18(24)10-11-20/h1-3,5-8,12H,4,9-10H2,(H,21,23)(H,22,24). The van der Waals surface area contributed by atoms with Crippen LogP contribution < -0.4 is 10.6 Å². The molecule has 0 heterocycles. The highest BCUT2D eigenvalue weighted by atomic mass is 35.5. The number of nitrogens with zero attached hydrogens (tertiary/aromatic N) is 1. The number of benzene rings is 2. The second-order valence-electron chi connectivity index (χ2n) is 5.14. The molecule has 2 rings (SSSR count). The second kappa shape index (κ2) is 8.70. The SMILES string of the molecule is N#CCC(=O)Nc1ccc(NC(=O)CCc2cccc(Cl)c2)cc1. The first-order chi connectivity index (χ1) is 11.6. The average Bonchev–Trinajstić information content (AvgIpc) is 2.55. The molecule has 5 nitrogen and oxygen atoms in total. The van der Waals surface area contributed by atoms with E-state index in [-0.39, 0.29) is 18.2 Å². The summed E-state index contributed by atoms with van der Waals surface area (Å²) in [7, 11) is 0. The molecule has 0 aliphatic heterocycles. The van der Waals surface area contributed by atoms with Crippen LogP contribution >= 0.6 is 11.6 Å². The molecule has 0 aliphatic carbocycles. The predicted molar refractivity (Wildman–Crippen MR) is 93.7 cm³/mol. The minimum Gasteiger partial charge on any atom is -0.326 e. The van der Waals surface area contributed by atoms with Crippen molar-refractivity contribution in [2.24, 2.45) is 0 Å². The van der Waals surface area contributed by atoms with Crippen molar-refractivity contribution in [3.63, 3.8) is 0 Å². The molecule has 0 bridgehead atoms. The van der Waals surface area contributed by atoms with Crippen molar-refractivity contribution in [2.75, 3.05) is 10.6 Å². The number of carbonyl (C=O) groups excluding carboxylic acids is 2. The molecule has 0 radical (unpaired) electrons. The van der Waals surface area contributed by atoms with Crippen LogP contribution in [0.4, 0.5) is 11.4 Å². The van der Waals surface area contributed by atoms with E-state index < -0.39 is 0 Å². The van der Waals surface area contributed by atoms with E-state index in [4.69, 9.17) is 16.9 Å². The van der Waals surface area contributed by atoms with E-state index in [1.165, 1.54) is 0 Å². The molecule has 24 heavy (non-hydrogen) atoms. The number of nitriles is 1. The number of carbonyl (C=O) groups is 2. The molecular weight excluding hydrogens is 326 g/mol. The largest absolute Gasteiger partial charge is 0.326 e. The van der Waals surface area contributed by atoms with Crippen LogP contribution in [0, 0.1) is 11.3 Å². The Bertz CT molecular complexity index is 767. The highest BCUT2D eigenvalue weighted by Crippen LogP contribution is 2.15. The van der Waals surface area contributed by atoms with Gasteiger partial charge in [-0.1, -0.05) is 23.7 Å². The van der Waals surface area contributed by atoms with E-state index in [9.17, 15) is 9.59 Å². The Hall–Kier alpha value is -2.84. The predicted octanol–water partition coefficient (Wildman–Crippen LogP) is 3.76. The van der Waals surface area contributed by atoms with Gasteiger partial charge in [0.25, 0.3) is 0 Å². The molecule has 2 amide bonds. The Morgan fingerprint density at radius 3 is 2.21 bits per heavy atom. The lowest BCUT2D eigenvalue weighted by Gasteiger charge is -2.07. The zero-order valence-corrected chi connectivity index (χ0v) is 13.6. The molecule has 6 heteroatoms. The Balaban J connectivity index is 1.83. The van der Waals surface area contributed by atoms with Crippen molar-refractivity contribution in [2.45, 2.75) is 19.3 Å². The van der Waals surface area contributed by atoms with Gasteiger partial charge in [0.05, 0.1) is 6.07 Å². The number of rotatable bonds is 6. The Morgan fingerprint density at radius 1 is 1.00 bits per heavy atom. The Labute approximate surface area is 145 Å². The van der Waals surface area contributed by atoms with Gasteiger partial charge < -0.3 is 10.6 Å². The summed E-state index contributed by atoms with van der Waals surface area (Å²) in [4.78, 5) is 23.3. The highest BCUT2D eigenvalue weighted by Gasteiger charge is 2.05. The number of anilines is 2.